The summed E-state index contributed by atoms with van der Waals surface area (Å²) in [6, 6.07) is 0.376. The summed E-state index contributed by atoms with van der Waals surface area (Å²) >= 11 is 0. The van der Waals surface area contributed by atoms with Crippen molar-refractivity contribution in [1.29, 1.82) is 0 Å². The van der Waals surface area contributed by atoms with Crippen LogP contribution in [0.5, 0.6) is 0 Å². The molecule has 112 valence electrons. The number of nitrogens with zero attached hydrogens (tertiary/aromatic N) is 1. The van der Waals surface area contributed by atoms with Crippen LogP contribution in [-0.4, -0.2) is 50.2 Å². The van der Waals surface area contributed by atoms with Crippen LogP contribution in [0, 0.1) is 11.3 Å². The molecule has 0 aromatic heterocycles. The molecule has 2 heterocycles. The van der Waals surface area contributed by atoms with Crippen molar-refractivity contribution < 1.29 is 9.53 Å². The lowest BCUT2D eigenvalue weighted by atomic mass is 9.78. The van der Waals surface area contributed by atoms with Crippen molar-refractivity contribution in [2.45, 2.75) is 39.2 Å². The van der Waals surface area contributed by atoms with Gasteiger partial charge in [-0.2, -0.15) is 0 Å². The van der Waals surface area contributed by atoms with E-state index in [0.29, 0.717) is 24.5 Å². The first kappa shape index (κ1) is 16.7. The molecule has 5 heteroatoms. The lowest BCUT2D eigenvalue weighted by Gasteiger charge is -2.40. The quantitative estimate of drug-likeness (QED) is 0.860. The second-order valence-electron chi connectivity index (χ2n) is 5.97. The van der Waals surface area contributed by atoms with E-state index < -0.39 is 0 Å². The van der Waals surface area contributed by atoms with Crippen molar-refractivity contribution in [3.8, 4) is 0 Å². The third-order valence-electron chi connectivity index (χ3n) is 4.84. The van der Waals surface area contributed by atoms with Gasteiger partial charge in [-0.05, 0) is 45.2 Å². The Morgan fingerprint density at radius 1 is 1.37 bits per heavy atom. The van der Waals surface area contributed by atoms with Crippen molar-refractivity contribution in [3.63, 3.8) is 0 Å². The Morgan fingerprint density at radius 2 is 2.00 bits per heavy atom. The molecule has 2 unspecified atom stereocenters. The van der Waals surface area contributed by atoms with E-state index in [-0.39, 0.29) is 17.8 Å². The van der Waals surface area contributed by atoms with Gasteiger partial charge in [0.05, 0.1) is 12.0 Å². The summed E-state index contributed by atoms with van der Waals surface area (Å²) in [6.07, 6.45) is 2.93. The van der Waals surface area contributed by atoms with Gasteiger partial charge in [-0.3, -0.25) is 4.79 Å². The average molecular weight is 291 g/mol. The summed E-state index contributed by atoms with van der Waals surface area (Å²) < 4.78 is 5.35. The molecule has 0 aromatic carbocycles. The summed E-state index contributed by atoms with van der Waals surface area (Å²) in [7, 11) is 1.70. The summed E-state index contributed by atoms with van der Waals surface area (Å²) in [5.74, 6) is 0.943. The van der Waals surface area contributed by atoms with Crippen LogP contribution in [0.1, 0.15) is 33.1 Å². The van der Waals surface area contributed by atoms with Crippen molar-refractivity contribution >= 4 is 18.3 Å². The number of carbonyl (C=O) groups is 1. The largest absolute Gasteiger partial charge is 0.384 e. The maximum atomic E-state index is 12.9. The van der Waals surface area contributed by atoms with Gasteiger partial charge in [-0.25, -0.2) is 0 Å². The van der Waals surface area contributed by atoms with E-state index in [0.717, 1.165) is 38.9 Å². The molecule has 0 saturated carbocycles. The summed E-state index contributed by atoms with van der Waals surface area (Å²) in [4.78, 5) is 15.0. The number of rotatable bonds is 3. The molecule has 2 aliphatic rings. The van der Waals surface area contributed by atoms with Gasteiger partial charge in [0.15, 0.2) is 0 Å². The first-order chi connectivity index (χ1) is 8.60. The molecule has 4 nitrogen and oxygen atoms in total. The molecule has 2 fully saturated rings. The molecule has 0 bridgehead atoms. The molecule has 2 rings (SSSR count). The van der Waals surface area contributed by atoms with Crippen LogP contribution in [0.3, 0.4) is 0 Å². The maximum Gasteiger partial charge on any atom is 0.231 e. The van der Waals surface area contributed by atoms with Crippen LogP contribution >= 0.6 is 12.4 Å². The number of hydrogen-bond acceptors (Lipinski definition) is 3. The smallest absolute Gasteiger partial charge is 0.231 e. The molecular formula is C14H27ClN2O2. The third kappa shape index (κ3) is 3.23. The fourth-order valence-corrected chi connectivity index (χ4v) is 3.29. The van der Waals surface area contributed by atoms with Gasteiger partial charge in [-0.15, -0.1) is 12.4 Å². The topological polar surface area (TPSA) is 41.6 Å². The Labute approximate surface area is 122 Å². The zero-order valence-electron chi connectivity index (χ0n) is 12.3. The molecule has 0 aromatic rings. The number of halogens is 1. The van der Waals surface area contributed by atoms with Crippen LogP contribution in [0.25, 0.3) is 0 Å². The van der Waals surface area contributed by atoms with Gasteiger partial charge in [0.1, 0.15) is 0 Å². The number of amides is 1. The van der Waals surface area contributed by atoms with Crippen LogP contribution < -0.4 is 5.32 Å². The maximum absolute atomic E-state index is 12.9. The van der Waals surface area contributed by atoms with E-state index in [9.17, 15) is 4.79 Å². The predicted molar refractivity (Wildman–Crippen MR) is 78.6 cm³/mol. The Morgan fingerprint density at radius 3 is 2.47 bits per heavy atom. The number of likely N-dealkylation sites (tertiary alicyclic amines) is 1. The predicted octanol–water partition coefficient (Wildman–Crippen LogP) is 1.68. The SMILES string of the molecule is COCC1(C(=O)N2CCC(C)C2C)CCNCC1.Cl. The third-order valence-corrected chi connectivity index (χ3v) is 4.84. The lowest BCUT2D eigenvalue weighted by Crippen LogP contribution is -2.52. The van der Waals surface area contributed by atoms with Crippen LogP contribution in [0.2, 0.25) is 0 Å². The van der Waals surface area contributed by atoms with E-state index in [2.05, 4.69) is 24.1 Å². The highest BCUT2D eigenvalue weighted by Crippen LogP contribution is 2.35. The number of ether oxygens (including phenoxy) is 1. The number of piperidine rings is 1. The molecule has 2 aliphatic heterocycles. The minimum atomic E-state index is -0.279. The molecule has 0 radical (unpaired) electrons. The molecular weight excluding hydrogens is 264 g/mol. The highest BCUT2D eigenvalue weighted by atomic mass is 35.5. The number of nitrogens with one attached hydrogen (secondary N) is 1. The monoisotopic (exact) mass is 290 g/mol. The fourth-order valence-electron chi connectivity index (χ4n) is 3.29. The number of hydrogen-bond donors (Lipinski definition) is 1. The fraction of sp³-hybridized carbons (Fsp3) is 0.929. The molecule has 19 heavy (non-hydrogen) atoms. The summed E-state index contributed by atoms with van der Waals surface area (Å²) in [5.41, 5.74) is -0.279. The summed E-state index contributed by atoms with van der Waals surface area (Å²) in [5, 5.41) is 3.34. The normalized spacial score (nSPS) is 29.9. The minimum absolute atomic E-state index is 0. The Hall–Kier alpha value is -0.320. The van der Waals surface area contributed by atoms with Gasteiger partial charge in [0.25, 0.3) is 0 Å². The lowest BCUT2D eigenvalue weighted by molar-refractivity contribution is -0.148. The van der Waals surface area contributed by atoms with Crippen LogP contribution in [-0.2, 0) is 9.53 Å². The van der Waals surface area contributed by atoms with Gasteiger partial charge in [0.2, 0.25) is 5.91 Å². The van der Waals surface area contributed by atoms with E-state index in [1.807, 2.05) is 0 Å². The van der Waals surface area contributed by atoms with Crippen LogP contribution in [0.15, 0.2) is 0 Å². The zero-order chi connectivity index (χ0) is 13.2. The Bertz CT molecular complexity index is 300. The molecule has 0 spiro atoms. The first-order valence-corrected chi connectivity index (χ1v) is 7.11. The van der Waals surface area contributed by atoms with E-state index in [1.165, 1.54) is 0 Å². The molecule has 1 amide bonds. The number of carbonyl (C=O) groups excluding carboxylic acids is 1. The van der Waals surface area contributed by atoms with Crippen LogP contribution in [0.4, 0.5) is 0 Å². The van der Waals surface area contributed by atoms with Crippen molar-refractivity contribution in [2.75, 3.05) is 33.4 Å². The number of methoxy groups -OCH3 is 1. The highest BCUT2D eigenvalue weighted by Gasteiger charge is 2.45. The van der Waals surface area contributed by atoms with Crippen molar-refractivity contribution in [1.82, 2.24) is 10.2 Å². The zero-order valence-corrected chi connectivity index (χ0v) is 13.1. The molecule has 1 N–H and O–H groups in total. The molecule has 2 atom stereocenters. The van der Waals surface area contributed by atoms with E-state index >= 15 is 0 Å². The van der Waals surface area contributed by atoms with Crippen molar-refractivity contribution in [3.05, 3.63) is 0 Å². The molecule has 0 aliphatic carbocycles. The molecule has 2 saturated heterocycles. The van der Waals surface area contributed by atoms with Gasteiger partial charge < -0.3 is 15.0 Å². The summed E-state index contributed by atoms with van der Waals surface area (Å²) in [6.45, 7) is 7.74. The van der Waals surface area contributed by atoms with Gasteiger partial charge in [-0.1, -0.05) is 6.92 Å². The highest BCUT2D eigenvalue weighted by molar-refractivity contribution is 5.85. The van der Waals surface area contributed by atoms with E-state index in [4.69, 9.17) is 4.74 Å². The van der Waals surface area contributed by atoms with Gasteiger partial charge >= 0.3 is 0 Å². The Kier molecular flexibility index (Phi) is 6.09. The Balaban J connectivity index is 0.00000180. The van der Waals surface area contributed by atoms with Crippen molar-refractivity contribution in [2.24, 2.45) is 11.3 Å². The van der Waals surface area contributed by atoms with E-state index in [1.54, 1.807) is 7.11 Å². The average Bonchev–Trinajstić information content (AvgIpc) is 2.71. The second kappa shape index (κ2) is 6.91. The standard InChI is InChI=1S/C14H26N2O2.ClH/c1-11-4-9-16(12(11)2)13(17)14(10-18-3)5-7-15-8-6-14;/h11-12,15H,4-10H2,1-3H3;1H. The minimum Gasteiger partial charge on any atom is -0.384 e. The second-order valence-corrected chi connectivity index (χ2v) is 5.97. The first-order valence-electron chi connectivity index (χ1n) is 7.11. The van der Waals surface area contributed by atoms with Gasteiger partial charge in [0, 0.05) is 19.7 Å².